The van der Waals surface area contributed by atoms with Gasteiger partial charge in [-0.05, 0) is 39.0 Å². The van der Waals surface area contributed by atoms with Crippen LogP contribution in [0, 0.1) is 11.3 Å². The van der Waals surface area contributed by atoms with E-state index in [9.17, 15) is 0 Å². The van der Waals surface area contributed by atoms with Gasteiger partial charge in [0.15, 0.2) is 5.96 Å². The number of ether oxygens (including phenoxy) is 2. The lowest BCUT2D eigenvalue weighted by molar-refractivity contribution is -0.188. The smallest absolute Gasteiger partial charge is 0.191 e. The number of hydrogen-bond acceptors (Lipinski definition) is 3. The van der Waals surface area contributed by atoms with Gasteiger partial charge in [0, 0.05) is 30.5 Å². The van der Waals surface area contributed by atoms with Crippen molar-refractivity contribution in [2.24, 2.45) is 16.3 Å². The van der Waals surface area contributed by atoms with E-state index in [1.165, 1.54) is 25.7 Å². The molecule has 130 valence electrons. The SMILES string of the molecule is CCN=C(NC1CC2CCC1O2)NC1C2CCCOC2C1(C)C. The van der Waals surface area contributed by atoms with Crippen molar-refractivity contribution in [3.05, 3.63) is 0 Å². The minimum absolute atomic E-state index is 0.173. The Morgan fingerprint density at radius 1 is 1.22 bits per heavy atom. The first kappa shape index (κ1) is 15.7. The van der Waals surface area contributed by atoms with Crippen LogP contribution in [0.3, 0.4) is 0 Å². The van der Waals surface area contributed by atoms with Crippen molar-refractivity contribution < 1.29 is 9.47 Å². The van der Waals surface area contributed by atoms with E-state index in [0.717, 1.165) is 25.5 Å². The summed E-state index contributed by atoms with van der Waals surface area (Å²) >= 11 is 0. The second-order valence-electron chi connectivity index (χ2n) is 8.22. The molecule has 6 atom stereocenters. The molecule has 1 aliphatic carbocycles. The third kappa shape index (κ3) is 2.66. The Kier molecular flexibility index (Phi) is 4.04. The summed E-state index contributed by atoms with van der Waals surface area (Å²) in [5.41, 5.74) is 0.173. The van der Waals surface area contributed by atoms with Gasteiger partial charge in [-0.2, -0.15) is 0 Å². The Bertz CT molecular complexity index is 479. The zero-order valence-corrected chi connectivity index (χ0v) is 14.7. The van der Waals surface area contributed by atoms with Crippen LogP contribution < -0.4 is 10.6 Å². The zero-order chi connectivity index (χ0) is 16.0. The van der Waals surface area contributed by atoms with Crippen LogP contribution in [0.2, 0.25) is 0 Å². The summed E-state index contributed by atoms with van der Waals surface area (Å²) in [6.45, 7) is 8.46. The highest BCUT2D eigenvalue weighted by Crippen LogP contribution is 2.51. The summed E-state index contributed by atoms with van der Waals surface area (Å²) in [4.78, 5) is 4.69. The van der Waals surface area contributed by atoms with Crippen molar-refractivity contribution in [2.75, 3.05) is 13.2 Å². The molecule has 23 heavy (non-hydrogen) atoms. The highest BCUT2D eigenvalue weighted by Gasteiger charge is 2.58. The molecule has 0 spiro atoms. The quantitative estimate of drug-likeness (QED) is 0.617. The highest BCUT2D eigenvalue weighted by atomic mass is 16.5. The number of aliphatic imine (C=N–C) groups is 1. The monoisotopic (exact) mass is 321 g/mol. The fraction of sp³-hybridized carbons (Fsp3) is 0.944. The summed E-state index contributed by atoms with van der Waals surface area (Å²) in [6, 6.07) is 0.873. The molecule has 5 heteroatoms. The first-order valence-corrected chi connectivity index (χ1v) is 9.44. The molecule has 3 heterocycles. The zero-order valence-electron chi connectivity index (χ0n) is 14.7. The van der Waals surface area contributed by atoms with E-state index in [1.54, 1.807) is 0 Å². The van der Waals surface area contributed by atoms with Crippen LogP contribution >= 0.6 is 0 Å². The lowest BCUT2D eigenvalue weighted by atomic mass is 9.55. The molecule has 0 aromatic rings. The number of rotatable bonds is 3. The maximum atomic E-state index is 6.02. The maximum absolute atomic E-state index is 6.02. The van der Waals surface area contributed by atoms with Crippen LogP contribution in [0.15, 0.2) is 4.99 Å². The molecule has 0 amide bonds. The highest BCUT2D eigenvalue weighted by molar-refractivity contribution is 5.81. The molecule has 3 saturated heterocycles. The number of nitrogens with zero attached hydrogens (tertiary/aromatic N) is 1. The van der Waals surface area contributed by atoms with Gasteiger partial charge in [-0.25, -0.2) is 0 Å². The van der Waals surface area contributed by atoms with Crippen molar-refractivity contribution in [3.8, 4) is 0 Å². The Morgan fingerprint density at radius 3 is 2.78 bits per heavy atom. The second kappa shape index (κ2) is 5.92. The number of hydrogen-bond donors (Lipinski definition) is 2. The molecular weight excluding hydrogens is 290 g/mol. The van der Waals surface area contributed by atoms with Crippen LogP contribution in [0.4, 0.5) is 0 Å². The second-order valence-corrected chi connectivity index (χ2v) is 8.22. The van der Waals surface area contributed by atoms with Crippen molar-refractivity contribution in [3.63, 3.8) is 0 Å². The topological polar surface area (TPSA) is 54.9 Å². The van der Waals surface area contributed by atoms with Gasteiger partial charge in [0.2, 0.25) is 0 Å². The minimum atomic E-state index is 0.173. The van der Waals surface area contributed by atoms with Crippen LogP contribution in [-0.2, 0) is 9.47 Å². The molecule has 4 rings (SSSR count). The van der Waals surface area contributed by atoms with Gasteiger partial charge < -0.3 is 20.1 Å². The molecule has 2 N–H and O–H groups in total. The molecule has 1 saturated carbocycles. The van der Waals surface area contributed by atoms with Crippen molar-refractivity contribution in [1.29, 1.82) is 0 Å². The van der Waals surface area contributed by atoms with Gasteiger partial charge in [0.05, 0.1) is 24.4 Å². The Balaban J connectivity index is 1.41. The molecule has 3 aliphatic heterocycles. The largest absolute Gasteiger partial charge is 0.377 e. The van der Waals surface area contributed by atoms with E-state index in [1.807, 2.05) is 0 Å². The minimum Gasteiger partial charge on any atom is -0.377 e. The van der Waals surface area contributed by atoms with E-state index in [0.29, 0.717) is 36.3 Å². The van der Waals surface area contributed by atoms with Gasteiger partial charge >= 0.3 is 0 Å². The fourth-order valence-corrected chi connectivity index (χ4v) is 5.22. The summed E-state index contributed by atoms with van der Waals surface area (Å²) in [7, 11) is 0. The van der Waals surface area contributed by atoms with Gasteiger partial charge in [0.1, 0.15) is 0 Å². The molecule has 0 radical (unpaired) electrons. The molecule has 0 aromatic carbocycles. The Labute approximate surface area is 139 Å². The normalized spacial score (nSPS) is 44.6. The lowest BCUT2D eigenvalue weighted by Crippen LogP contribution is -2.71. The molecule has 6 unspecified atom stereocenters. The number of nitrogens with one attached hydrogen (secondary N) is 2. The van der Waals surface area contributed by atoms with Gasteiger partial charge in [-0.3, -0.25) is 4.99 Å². The summed E-state index contributed by atoms with van der Waals surface area (Å²) < 4.78 is 12.0. The molecule has 0 aromatic heterocycles. The maximum Gasteiger partial charge on any atom is 0.191 e. The Morgan fingerprint density at radius 2 is 2.09 bits per heavy atom. The van der Waals surface area contributed by atoms with Crippen LogP contribution in [0.25, 0.3) is 0 Å². The van der Waals surface area contributed by atoms with E-state index >= 15 is 0 Å². The van der Waals surface area contributed by atoms with Crippen LogP contribution in [-0.4, -0.2) is 49.5 Å². The predicted molar refractivity (Wildman–Crippen MR) is 90.6 cm³/mol. The van der Waals surface area contributed by atoms with Crippen molar-refractivity contribution >= 4 is 5.96 Å². The first-order valence-electron chi connectivity index (χ1n) is 9.44. The molecule has 4 aliphatic rings. The average molecular weight is 321 g/mol. The summed E-state index contributed by atoms with van der Waals surface area (Å²) in [5.74, 6) is 1.59. The summed E-state index contributed by atoms with van der Waals surface area (Å²) in [6.07, 6.45) is 7.25. The average Bonchev–Trinajstić information content (AvgIpc) is 3.15. The third-order valence-electron chi connectivity index (χ3n) is 6.37. The lowest BCUT2D eigenvalue weighted by Gasteiger charge is -2.60. The first-order chi connectivity index (χ1) is 11.1. The van der Waals surface area contributed by atoms with E-state index in [2.05, 4.69) is 31.4 Å². The van der Waals surface area contributed by atoms with E-state index in [-0.39, 0.29) is 5.41 Å². The number of guanidine groups is 1. The van der Waals surface area contributed by atoms with Gasteiger partial charge in [-0.1, -0.05) is 13.8 Å². The Hall–Kier alpha value is -0.810. The van der Waals surface area contributed by atoms with E-state index in [4.69, 9.17) is 14.5 Å². The molecular formula is C18H31N3O2. The fourth-order valence-electron chi connectivity index (χ4n) is 5.22. The van der Waals surface area contributed by atoms with Crippen molar-refractivity contribution in [2.45, 2.75) is 83.3 Å². The van der Waals surface area contributed by atoms with Gasteiger partial charge in [0.25, 0.3) is 0 Å². The standard InChI is InChI=1S/C18H31N3O2/c1-4-19-17(20-13-10-11-7-8-14(13)23-11)21-15-12-6-5-9-22-16(12)18(15,2)3/h11-16H,4-10H2,1-3H3,(H2,19,20,21). The van der Waals surface area contributed by atoms with Crippen LogP contribution in [0.1, 0.15) is 52.9 Å². The predicted octanol–water partition coefficient (Wildman–Crippen LogP) is 2.06. The number of fused-ring (bicyclic) bond motifs is 3. The summed E-state index contributed by atoms with van der Waals surface area (Å²) in [5, 5.41) is 7.39. The molecule has 5 nitrogen and oxygen atoms in total. The van der Waals surface area contributed by atoms with Crippen LogP contribution in [0.5, 0.6) is 0 Å². The molecule has 4 fully saturated rings. The van der Waals surface area contributed by atoms with E-state index < -0.39 is 0 Å². The third-order valence-corrected chi connectivity index (χ3v) is 6.37. The van der Waals surface area contributed by atoms with Crippen molar-refractivity contribution in [1.82, 2.24) is 10.6 Å². The molecule has 2 bridgehead atoms. The van der Waals surface area contributed by atoms with Gasteiger partial charge in [-0.15, -0.1) is 0 Å².